The number of nitrogens with zero attached hydrogens (tertiary/aromatic N) is 1. The number of pyridine rings is 1. The Balaban J connectivity index is 1.53. The molecular formula is C23H25N3O2. The second kappa shape index (κ2) is 9.55. The average Bonchev–Trinajstić information content (AvgIpc) is 2.75. The molecule has 2 N–H and O–H groups in total. The molecule has 1 aromatic heterocycles. The van der Waals surface area contributed by atoms with E-state index in [9.17, 15) is 4.79 Å². The van der Waals surface area contributed by atoms with Gasteiger partial charge in [-0.1, -0.05) is 37.3 Å². The molecule has 1 heterocycles. The molecule has 5 nitrogen and oxygen atoms in total. The Labute approximate surface area is 165 Å². The maximum Gasteiger partial charge on any atom is 0.269 e. The Kier molecular flexibility index (Phi) is 6.63. The lowest BCUT2D eigenvalue weighted by Crippen LogP contribution is -2.26. The van der Waals surface area contributed by atoms with E-state index in [-0.39, 0.29) is 5.91 Å². The molecular weight excluding hydrogens is 350 g/mol. The molecule has 1 amide bonds. The van der Waals surface area contributed by atoms with Crippen molar-refractivity contribution in [1.82, 2.24) is 10.3 Å². The highest BCUT2D eigenvalue weighted by Gasteiger charge is 2.07. The zero-order valence-electron chi connectivity index (χ0n) is 16.2. The Morgan fingerprint density at radius 2 is 1.82 bits per heavy atom. The number of aromatic nitrogens is 1. The molecule has 2 aromatic carbocycles. The molecule has 0 aliphatic carbocycles. The van der Waals surface area contributed by atoms with Crippen molar-refractivity contribution in [3.8, 4) is 5.75 Å². The van der Waals surface area contributed by atoms with Crippen LogP contribution in [-0.4, -0.2) is 24.5 Å². The van der Waals surface area contributed by atoms with Crippen molar-refractivity contribution in [2.24, 2.45) is 0 Å². The third-order valence-electron chi connectivity index (χ3n) is 4.53. The topological polar surface area (TPSA) is 63.2 Å². The highest BCUT2D eigenvalue weighted by Crippen LogP contribution is 2.20. The van der Waals surface area contributed by atoms with Crippen LogP contribution in [0.2, 0.25) is 0 Å². The van der Waals surface area contributed by atoms with Crippen LogP contribution in [0.25, 0.3) is 0 Å². The van der Waals surface area contributed by atoms with Gasteiger partial charge in [-0.15, -0.1) is 0 Å². The number of amides is 1. The van der Waals surface area contributed by atoms with Gasteiger partial charge >= 0.3 is 0 Å². The van der Waals surface area contributed by atoms with E-state index in [0.717, 1.165) is 35.5 Å². The molecule has 0 saturated carbocycles. The predicted molar refractivity (Wildman–Crippen MR) is 112 cm³/mol. The van der Waals surface area contributed by atoms with Crippen molar-refractivity contribution in [3.05, 3.63) is 83.7 Å². The van der Waals surface area contributed by atoms with Gasteiger partial charge in [-0.05, 0) is 54.3 Å². The van der Waals surface area contributed by atoms with E-state index in [1.54, 1.807) is 19.4 Å². The Bertz CT molecular complexity index is 906. The largest absolute Gasteiger partial charge is 0.497 e. The molecule has 0 saturated heterocycles. The van der Waals surface area contributed by atoms with Gasteiger partial charge in [-0.3, -0.25) is 4.79 Å². The van der Waals surface area contributed by atoms with Crippen molar-refractivity contribution in [2.75, 3.05) is 19.0 Å². The molecule has 0 radical (unpaired) electrons. The lowest BCUT2D eigenvalue weighted by Gasteiger charge is -2.11. The minimum absolute atomic E-state index is 0.172. The fourth-order valence-corrected chi connectivity index (χ4v) is 2.91. The van der Waals surface area contributed by atoms with Crippen LogP contribution in [0, 0.1) is 0 Å². The number of para-hydroxylation sites is 1. The fourth-order valence-electron chi connectivity index (χ4n) is 2.91. The summed E-state index contributed by atoms with van der Waals surface area (Å²) in [7, 11) is 1.64. The standard InChI is InChI=1S/C23H25N3O2/c1-3-18-6-4-5-7-21(18)26-19-10-13-22(25-16-19)23(27)24-15-14-17-8-11-20(28-2)12-9-17/h4-13,16,26H,3,14-15H2,1-2H3,(H,24,27). The monoisotopic (exact) mass is 375 g/mol. The molecule has 0 spiro atoms. The van der Waals surface area contributed by atoms with E-state index < -0.39 is 0 Å². The number of ether oxygens (including phenoxy) is 1. The van der Waals surface area contributed by atoms with Crippen molar-refractivity contribution < 1.29 is 9.53 Å². The quantitative estimate of drug-likeness (QED) is 0.614. The first kappa shape index (κ1) is 19.4. The van der Waals surface area contributed by atoms with Crippen LogP contribution in [-0.2, 0) is 12.8 Å². The van der Waals surface area contributed by atoms with Crippen LogP contribution in [0.3, 0.4) is 0 Å². The van der Waals surface area contributed by atoms with Gasteiger partial charge in [0.15, 0.2) is 0 Å². The van der Waals surface area contributed by atoms with Crippen LogP contribution < -0.4 is 15.4 Å². The van der Waals surface area contributed by atoms with Gasteiger partial charge in [0.25, 0.3) is 5.91 Å². The average molecular weight is 375 g/mol. The third kappa shape index (κ3) is 5.10. The minimum atomic E-state index is -0.172. The minimum Gasteiger partial charge on any atom is -0.497 e. The Hall–Kier alpha value is -3.34. The SMILES string of the molecule is CCc1ccccc1Nc1ccc(C(=O)NCCc2ccc(OC)cc2)nc1. The first-order valence-corrected chi connectivity index (χ1v) is 9.41. The van der Waals surface area contributed by atoms with Crippen molar-refractivity contribution >= 4 is 17.3 Å². The third-order valence-corrected chi connectivity index (χ3v) is 4.53. The number of carbonyl (C=O) groups is 1. The Morgan fingerprint density at radius 1 is 1.04 bits per heavy atom. The normalized spacial score (nSPS) is 10.4. The first-order chi connectivity index (χ1) is 13.7. The van der Waals surface area contributed by atoms with Crippen LogP contribution in [0.5, 0.6) is 5.75 Å². The number of methoxy groups -OCH3 is 1. The summed E-state index contributed by atoms with van der Waals surface area (Å²) in [6.45, 7) is 2.68. The second-order valence-electron chi connectivity index (χ2n) is 6.42. The van der Waals surface area contributed by atoms with Gasteiger partial charge < -0.3 is 15.4 Å². The maximum atomic E-state index is 12.3. The molecule has 28 heavy (non-hydrogen) atoms. The molecule has 3 aromatic rings. The van der Waals surface area contributed by atoms with Crippen LogP contribution in [0.15, 0.2) is 66.9 Å². The summed E-state index contributed by atoms with van der Waals surface area (Å²) in [6.07, 6.45) is 3.39. The van der Waals surface area contributed by atoms with E-state index >= 15 is 0 Å². The summed E-state index contributed by atoms with van der Waals surface area (Å²) in [5.74, 6) is 0.654. The van der Waals surface area contributed by atoms with E-state index in [0.29, 0.717) is 12.2 Å². The number of hydrogen-bond acceptors (Lipinski definition) is 4. The zero-order valence-corrected chi connectivity index (χ0v) is 16.2. The zero-order chi connectivity index (χ0) is 19.8. The number of anilines is 2. The molecule has 0 aliphatic rings. The van der Waals surface area contributed by atoms with E-state index in [1.807, 2.05) is 48.5 Å². The Morgan fingerprint density at radius 3 is 2.50 bits per heavy atom. The van der Waals surface area contributed by atoms with Crippen molar-refractivity contribution in [3.63, 3.8) is 0 Å². The molecule has 0 fully saturated rings. The number of aryl methyl sites for hydroxylation is 1. The lowest BCUT2D eigenvalue weighted by atomic mass is 10.1. The summed E-state index contributed by atoms with van der Waals surface area (Å²) in [4.78, 5) is 16.6. The molecule has 3 rings (SSSR count). The summed E-state index contributed by atoms with van der Waals surface area (Å²) >= 11 is 0. The molecule has 5 heteroatoms. The van der Waals surface area contributed by atoms with Gasteiger partial charge in [-0.25, -0.2) is 4.98 Å². The van der Waals surface area contributed by atoms with Crippen LogP contribution in [0.4, 0.5) is 11.4 Å². The van der Waals surface area contributed by atoms with E-state index in [4.69, 9.17) is 4.74 Å². The van der Waals surface area contributed by atoms with Crippen molar-refractivity contribution in [1.29, 1.82) is 0 Å². The fraction of sp³-hybridized carbons (Fsp3) is 0.217. The highest BCUT2D eigenvalue weighted by molar-refractivity contribution is 5.92. The summed E-state index contributed by atoms with van der Waals surface area (Å²) in [6, 6.07) is 19.6. The second-order valence-corrected chi connectivity index (χ2v) is 6.42. The van der Waals surface area contributed by atoms with Gasteiger partial charge in [-0.2, -0.15) is 0 Å². The lowest BCUT2D eigenvalue weighted by molar-refractivity contribution is 0.0949. The number of nitrogens with one attached hydrogen (secondary N) is 2. The van der Waals surface area contributed by atoms with Crippen LogP contribution >= 0.6 is 0 Å². The smallest absolute Gasteiger partial charge is 0.269 e. The molecule has 0 bridgehead atoms. The van der Waals surface area contributed by atoms with Gasteiger partial charge in [0.1, 0.15) is 11.4 Å². The predicted octanol–water partition coefficient (Wildman–Crippen LogP) is 4.37. The number of rotatable bonds is 8. The van der Waals surface area contributed by atoms with Gasteiger partial charge in [0.2, 0.25) is 0 Å². The number of carbonyl (C=O) groups excluding carboxylic acids is 1. The van der Waals surface area contributed by atoms with Crippen molar-refractivity contribution in [2.45, 2.75) is 19.8 Å². The maximum absolute atomic E-state index is 12.3. The van der Waals surface area contributed by atoms with Gasteiger partial charge in [0, 0.05) is 12.2 Å². The highest BCUT2D eigenvalue weighted by atomic mass is 16.5. The number of hydrogen-bond donors (Lipinski definition) is 2. The summed E-state index contributed by atoms with van der Waals surface area (Å²) in [5, 5.41) is 6.27. The van der Waals surface area contributed by atoms with Gasteiger partial charge in [0.05, 0.1) is 19.0 Å². The number of benzene rings is 2. The van der Waals surface area contributed by atoms with E-state index in [1.165, 1.54) is 5.56 Å². The summed E-state index contributed by atoms with van der Waals surface area (Å²) in [5.41, 5.74) is 4.70. The molecule has 0 unspecified atom stereocenters. The van der Waals surface area contributed by atoms with E-state index in [2.05, 4.69) is 28.6 Å². The molecule has 144 valence electrons. The molecule has 0 aliphatic heterocycles. The summed E-state index contributed by atoms with van der Waals surface area (Å²) < 4.78 is 5.15. The van der Waals surface area contributed by atoms with Crippen LogP contribution in [0.1, 0.15) is 28.5 Å². The first-order valence-electron chi connectivity index (χ1n) is 9.41. The molecule has 0 atom stereocenters.